The molecule has 0 aromatic carbocycles. The maximum Gasteiger partial charge on any atom is 0.113 e. The number of hydrogen-bond donors (Lipinski definition) is 2. The Balaban J connectivity index is 3.91. The van der Waals surface area contributed by atoms with E-state index in [9.17, 15) is 5.11 Å². The predicted molar refractivity (Wildman–Crippen MR) is 171 cm³/mol. The van der Waals surface area contributed by atoms with Crippen LogP contribution in [0.4, 0.5) is 0 Å². The lowest BCUT2D eigenvalue weighted by Crippen LogP contribution is -2.44. The second-order valence-corrected chi connectivity index (χ2v) is 12.6. The molecule has 4 heteroatoms. The van der Waals surface area contributed by atoms with Crippen LogP contribution in [-0.2, 0) is 9.47 Å². The van der Waals surface area contributed by atoms with Gasteiger partial charge in [-0.25, -0.2) is 0 Å². The first-order valence-corrected chi connectivity index (χ1v) is 17.7. The molecule has 0 heterocycles. The first-order valence-electron chi connectivity index (χ1n) is 17.7. The van der Waals surface area contributed by atoms with Crippen LogP contribution in [-0.4, -0.2) is 36.3 Å². The highest BCUT2D eigenvalue weighted by Gasteiger charge is 2.28. The molecule has 0 aromatic heterocycles. The van der Waals surface area contributed by atoms with Crippen LogP contribution in [0.25, 0.3) is 0 Å². The highest BCUT2D eigenvalue weighted by atomic mass is 16.5. The molecule has 0 aliphatic heterocycles. The van der Waals surface area contributed by atoms with Crippen molar-refractivity contribution in [1.82, 2.24) is 0 Å². The van der Waals surface area contributed by atoms with Crippen LogP contribution in [0.2, 0.25) is 0 Å². The Morgan fingerprint density at radius 1 is 0.487 bits per heavy atom. The Morgan fingerprint density at radius 2 is 0.769 bits per heavy atom. The molecule has 0 aliphatic carbocycles. The van der Waals surface area contributed by atoms with E-state index in [0.29, 0.717) is 6.42 Å². The van der Waals surface area contributed by atoms with Gasteiger partial charge < -0.3 is 20.3 Å². The summed E-state index contributed by atoms with van der Waals surface area (Å²) < 4.78 is 12.5. The van der Waals surface area contributed by atoms with Crippen molar-refractivity contribution in [3.63, 3.8) is 0 Å². The molecule has 0 saturated heterocycles. The quantitative estimate of drug-likeness (QED) is 0.0640. The van der Waals surface area contributed by atoms with Crippen molar-refractivity contribution in [2.45, 2.75) is 213 Å². The summed E-state index contributed by atoms with van der Waals surface area (Å²) in [6.45, 7) is 9.90. The van der Waals surface area contributed by atoms with Gasteiger partial charge in [-0.3, -0.25) is 0 Å². The molecule has 0 aliphatic rings. The Morgan fingerprint density at radius 3 is 1.05 bits per heavy atom. The van der Waals surface area contributed by atoms with Gasteiger partial charge in [0, 0.05) is 19.6 Å². The Hall–Kier alpha value is -0.160. The van der Waals surface area contributed by atoms with Crippen molar-refractivity contribution in [2.75, 3.05) is 13.2 Å². The van der Waals surface area contributed by atoms with Gasteiger partial charge in [-0.15, -0.1) is 0 Å². The normalized spacial score (nSPS) is 14.9. The van der Waals surface area contributed by atoms with Crippen LogP contribution < -0.4 is 5.73 Å². The fourth-order valence-electron chi connectivity index (χ4n) is 5.55. The number of rotatable bonds is 32. The highest BCUT2D eigenvalue weighted by molar-refractivity contribution is 4.78. The van der Waals surface area contributed by atoms with Crippen LogP contribution >= 0.6 is 0 Å². The van der Waals surface area contributed by atoms with Gasteiger partial charge in [0.05, 0.1) is 12.2 Å². The first kappa shape index (κ1) is 38.8. The van der Waals surface area contributed by atoms with E-state index in [2.05, 4.69) is 20.8 Å². The minimum Gasteiger partial charge on any atom is -0.376 e. The van der Waals surface area contributed by atoms with Gasteiger partial charge >= 0.3 is 0 Å². The molecule has 3 N–H and O–H groups in total. The van der Waals surface area contributed by atoms with E-state index in [0.717, 1.165) is 32.5 Å². The van der Waals surface area contributed by atoms with E-state index in [1.165, 1.54) is 141 Å². The van der Waals surface area contributed by atoms with E-state index in [4.69, 9.17) is 15.2 Å². The highest BCUT2D eigenvalue weighted by Crippen LogP contribution is 2.20. The van der Waals surface area contributed by atoms with Crippen molar-refractivity contribution in [2.24, 2.45) is 5.73 Å². The lowest BCUT2D eigenvalue weighted by Gasteiger charge is -2.31. The zero-order valence-electron chi connectivity index (χ0n) is 27.3. The van der Waals surface area contributed by atoms with E-state index in [-0.39, 0.29) is 12.2 Å². The number of aliphatic hydroxyl groups is 1. The number of ether oxygens (including phenoxy) is 2. The maximum absolute atomic E-state index is 10.3. The third-order valence-corrected chi connectivity index (χ3v) is 8.09. The topological polar surface area (TPSA) is 64.7 Å². The zero-order valence-corrected chi connectivity index (χ0v) is 27.3. The molecule has 3 unspecified atom stereocenters. The minimum absolute atomic E-state index is 0.00468. The first-order chi connectivity index (χ1) is 18.9. The van der Waals surface area contributed by atoms with Gasteiger partial charge in [-0.2, -0.15) is 0 Å². The van der Waals surface area contributed by atoms with E-state index >= 15 is 0 Å². The fraction of sp³-hybridized carbons (Fsp3) is 1.00. The summed E-state index contributed by atoms with van der Waals surface area (Å²) in [4.78, 5) is 0. The third kappa shape index (κ3) is 29.1. The molecule has 4 nitrogen and oxygen atoms in total. The number of hydrogen-bond acceptors (Lipinski definition) is 4. The molecule has 0 fully saturated rings. The summed E-state index contributed by atoms with van der Waals surface area (Å²) >= 11 is 0. The molecule has 0 bridgehead atoms. The predicted octanol–water partition coefficient (Wildman–Crippen LogP) is 10.6. The van der Waals surface area contributed by atoms with Crippen molar-refractivity contribution in [3.8, 4) is 0 Å². The molecule has 0 rings (SSSR count). The van der Waals surface area contributed by atoms with Gasteiger partial charge in [0.25, 0.3) is 0 Å². The van der Waals surface area contributed by atoms with Gasteiger partial charge in [-0.05, 0) is 26.2 Å². The SMILES string of the molecule is CCCCCCCCCCCCCCOC(CC)C(CC(C)(N)O)OCCCCCCCCCCCCCC. The van der Waals surface area contributed by atoms with E-state index in [1.54, 1.807) is 6.92 Å². The van der Waals surface area contributed by atoms with Gasteiger partial charge in [0.1, 0.15) is 5.72 Å². The summed E-state index contributed by atoms with van der Waals surface area (Å²) in [6, 6.07) is 0. The fourth-order valence-corrected chi connectivity index (χ4v) is 5.55. The van der Waals surface area contributed by atoms with Crippen molar-refractivity contribution < 1.29 is 14.6 Å². The molecule has 3 atom stereocenters. The molecule has 0 aromatic rings. The van der Waals surface area contributed by atoms with Crippen LogP contribution in [0.5, 0.6) is 0 Å². The average Bonchev–Trinajstić information content (AvgIpc) is 2.90. The summed E-state index contributed by atoms with van der Waals surface area (Å²) in [7, 11) is 0. The molecule has 236 valence electrons. The van der Waals surface area contributed by atoms with Gasteiger partial charge in [-0.1, -0.05) is 162 Å². The molecule has 0 amide bonds. The van der Waals surface area contributed by atoms with Crippen LogP contribution in [0.3, 0.4) is 0 Å². The summed E-state index contributed by atoms with van der Waals surface area (Å²) in [5, 5.41) is 10.3. The summed E-state index contributed by atoms with van der Waals surface area (Å²) in [5.41, 5.74) is 4.74. The largest absolute Gasteiger partial charge is 0.376 e. The maximum atomic E-state index is 10.3. The number of unbranched alkanes of at least 4 members (excludes halogenated alkanes) is 22. The standard InChI is InChI=1S/C35H73NO3/c1-5-8-10-12-14-16-18-20-22-24-26-28-30-38-33(7-3)34(32-35(4,36)37)39-31-29-27-25-23-21-19-17-15-13-11-9-6-2/h33-34,37H,5-32,36H2,1-4H3. The Kier molecular flexibility index (Phi) is 29.2. The van der Waals surface area contributed by atoms with Gasteiger partial charge in [0.2, 0.25) is 0 Å². The second-order valence-electron chi connectivity index (χ2n) is 12.6. The Labute approximate surface area is 246 Å². The average molecular weight is 556 g/mol. The molecular formula is C35H73NO3. The van der Waals surface area contributed by atoms with Gasteiger partial charge in [0.15, 0.2) is 0 Å². The Bertz CT molecular complexity index is 465. The molecule has 0 radical (unpaired) electrons. The summed E-state index contributed by atoms with van der Waals surface area (Å²) in [6.07, 6.45) is 33.5. The van der Waals surface area contributed by atoms with Crippen molar-refractivity contribution in [1.29, 1.82) is 0 Å². The molecular weight excluding hydrogens is 482 g/mol. The van der Waals surface area contributed by atoms with Crippen LogP contribution in [0, 0.1) is 0 Å². The van der Waals surface area contributed by atoms with E-state index < -0.39 is 5.72 Å². The monoisotopic (exact) mass is 556 g/mol. The molecule has 0 spiro atoms. The smallest absolute Gasteiger partial charge is 0.113 e. The second kappa shape index (κ2) is 29.3. The lowest BCUT2D eigenvalue weighted by atomic mass is 10.0. The number of nitrogens with two attached hydrogens (primary N) is 1. The van der Waals surface area contributed by atoms with E-state index in [1.807, 2.05) is 0 Å². The molecule has 39 heavy (non-hydrogen) atoms. The third-order valence-electron chi connectivity index (χ3n) is 8.09. The zero-order chi connectivity index (χ0) is 28.9. The van der Waals surface area contributed by atoms with Crippen molar-refractivity contribution >= 4 is 0 Å². The lowest BCUT2D eigenvalue weighted by molar-refractivity contribution is -0.106. The van der Waals surface area contributed by atoms with Crippen molar-refractivity contribution in [3.05, 3.63) is 0 Å². The summed E-state index contributed by atoms with van der Waals surface area (Å²) in [5.74, 6) is 0. The molecule has 0 saturated carbocycles. The van der Waals surface area contributed by atoms with Crippen LogP contribution in [0.15, 0.2) is 0 Å². The van der Waals surface area contributed by atoms with Crippen LogP contribution in [0.1, 0.15) is 195 Å². The minimum atomic E-state index is -1.23.